The number of hydrogen-bond acceptors (Lipinski definition) is 5. The van der Waals surface area contributed by atoms with Crippen LogP contribution in [0, 0.1) is 5.92 Å². The zero-order valence-corrected chi connectivity index (χ0v) is 15.0. The molecule has 4 rings (SSSR count). The summed E-state index contributed by atoms with van der Waals surface area (Å²) in [6.45, 7) is 1.34. The third-order valence-electron chi connectivity index (χ3n) is 5.10. The van der Waals surface area contributed by atoms with Crippen molar-refractivity contribution in [3.05, 3.63) is 52.0 Å². The van der Waals surface area contributed by atoms with Crippen LogP contribution in [0.25, 0.3) is 0 Å². The Kier molecular flexibility index (Phi) is 4.74. The van der Waals surface area contributed by atoms with Gasteiger partial charge < -0.3 is 14.7 Å². The molecule has 1 aromatic heterocycles. The van der Waals surface area contributed by atoms with Gasteiger partial charge in [-0.1, -0.05) is 30.3 Å². The molecule has 1 unspecified atom stereocenters. The molecule has 26 heavy (non-hydrogen) atoms. The fraction of sp³-hybridized carbons (Fsp3) is 0.421. The smallest absolute Gasteiger partial charge is 0.308 e. The maximum atomic E-state index is 12.9. The molecule has 2 aromatic rings. The van der Waals surface area contributed by atoms with Crippen LogP contribution >= 0.6 is 11.3 Å². The van der Waals surface area contributed by atoms with Gasteiger partial charge in [-0.2, -0.15) is 0 Å². The molecule has 1 aromatic carbocycles. The summed E-state index contributed by atoms with van der Waals surface area (Å²) < 4.78 is 5.63. The molecule has 3 heterocycles. The van der Waals surface area contributed by atoms with Gasteiger partial charge in [0, 0.05) is 31.0 Å². The molecule has 3 atom stereocenters. The van der Waals surface area contributed by atoms with E-state index in [-0.39, 0.29) is 24.5 Å². The number of carboxylic acids is 1. The lowest BCUT2D eigenvalue weighted by molar-refractivity contribution is -0.141. The van der Waals surface area contributed by atoms with Crippen molar-refractivity contribution < 1.29 is 19.4 Å². The van der Waals surface area contributed by atoms with Gasteiger partial charge >= 0.3 is 5.97 Å². The minimum absolute atomic E-state index is 0.0102. The summed E-state index contributed by atoms with van der Waals surface area (Å²) in [6, 6.07) is 9.54. The Morgan fingerprint density at radius 3 is 2.73 bits per heavy atom. The number of hydrogen-bond donors (Lipinski definition) is 1. The van der Waals surface area contributed by atoms with E-state index in [0.717, 1.165) is 30.0 Å². The topological polar surface area (TPSA) is 79.7 Å². The molecule has 1 amide bonds. The maximum Gasteiger partial charge on any atom is 0.308 e. The summed E-state index contributed by atoms with van der Waals surface area (Å²) in [5.41, 5.74) is 1.34. The summed E-state index contributed by atoms with van der Waals surface area (Å²) in [6.07, 6.45) is 1.93. The predicted octanol–water partition coefficient (Wildman–Crippen LogP) is 2.94. The molecular weight excluding hydrogens is 352 g/mol. The predicted molar refractivity (Wildman–Crippen MR) is 96.3 cm³/mol. The maximum absolute atomic E-state index is 12.9. The first-order chi connectivity index (χ1) is 12.6. The van der Waals surface area contributed by atoms with Crippen molar-refractivity contribution in [3.8, 4) is 0 Å². The van der Waals surface area contributed by atoms with Crippen LogP contribution in [0.5, 0.6) is 0 Å². The third kappa shape index (κ3) is 3.24. The molecule has 2 aliphatic heterocycles. The first-order valence-electron chi connectivity index (χ1n) is 8.77. The highest BCUT2D eigenvalue weighted by atomic mass is 32.1. The lowest BCUT2D eigenvalue weighted by atomic mass is 9.89. The summed E-state index contributed by atoms with van der Waals surface area (Å²) in [4.78, 5) is 30.6. The molecule has 0 radical (unpaired) electrons. The molecule has 2 saturated heterocycles. The van der Waals surface area contributed by atoms with Crippen LogP contribution in [0.4, 0.5) is 0 Å². The van der Waals surface area contributed by atoms with Crippen molar-refractivity contribution in [2.75, 3.05) is 19.7 Å². The van der Waals surface area contributed by atoms with Crippen LogP contribution in [0.15, 0.2) is 35.7 Å². The van der Waals surface area contributed by atoms with Gasteiger partial charge in [-0.05, 0) is 18.4 Å². The SMILES string of the molecule is O=C(O)[C@@H]1CN(C(=O)c2csc(C3CCCO3)n2)C[C@@H]1c1ccccc1. The average Bonchev–Trinajstić information content (AvgIpc) is 3.41. The molecule has 0 spiro atoms. The number of ether oxygens (including phenoxy) is 1. The van der Waals surface area contributed by atoms with E-state index in [1.165, 1.54) is 11.3 Å². The minimum Gasteiger partial charge on any atom is -0.481 e. The molecule has 2 fully saturated rings. The van der Waals surface area contributed by atoms with Gasteiger partial charge in [0.05, 0.1) is 5.92 Å². The summed E-state index contributed by atoms with van der Waals surface area (Å²) >= 11 is 1.44. The minimum atomic E-state index is -0.868. The molecule has 1 N–H and O–H groups in total. The second-order valence-electron chi connectivity index (χ2n) is 6.74. The number of benzene rings is 1. The van der Waals surface area contributed by atoms with Crippen molar-refractivity contribution in [1.29, 1.82) is 0 Å². The van der Waals surface area contributed by atoms with Gasteiger partial charge in [0.15, 0.2) is 0 Å². The van der Waals surface area contributed by atoms with Gasteiger partial charge in [0.2, 0.25) is 0 Å². The fourth-order valence-electron chi connectivity index (χ4n) is 3.73. The van der Waals surface area contributed by atoms with E-state index in [1.807, 2.05) is 30.3 Å². The van der Waals surface area contributed by atoms with Crippen molar-refractivity contribution in [3.63, 3.8) is 0 Å². The van der Waals surface area contributed by atoms with Crippen LogP contribution in [-0.4, -0.2) is 46.6 Å². The number of carbonyl (C=O) groups is 2. The van der Waals surface area contributed by atoms with Gasteiger partial charge in [-0.3, -0.25) is 9.59 Å². The van der Waals surface area contributed by atoms with Crippen molar-refractivity contribution in [1.82, 2.24) is 9.88 Å². The van der Waals surface area contributed by atoms with Crippen molar-refractivity contribution in [2.24, 2.45) is 5.92 Å². The largest absolute Gasteiger partial charge is 0.481 e. The molecule has 0 aliphatic carbocycles. The number of nitrogens with zero attached hydrogens (tertiary/aromatic N) is 2. The Morgan fingerprint density at radius 1 is 1.23 bits per heavy atom. The molecule has 7 heteroatoms. The number of amides is 1. The number of likely N-dealkylation sites (tertiary alicyclic amines) is 1. The van der Waals surface area contributed by atoms with E-state index in [9.17, 15) is 14.7 Å². The fourth-order valence-corrected chi connectivity index (χ4v) is 4.60. The van der Waals surface area contributed by atoms with Crippen molar-refractivity contribution >= 4 is 23.2 Å². The van der Waals surface area contributed by atoms with E-state index < -0.39 is 11.9 Å². The van der Waals surface area contributed by atoms with Crippen LogP contribution < -0.4 is 0 Å². The van der Waals surface area contributed by atoms with Crippen LogP contribution in [-0.2, 0) is 9.53 Å². The third-order valence-corrected chi connectivity index (χ3v) is 6.03. The number of aromatic nitrogens is 1. The molecule has 2 aliphatic rings. The molecule has 6 nitrogen and oxygen atoms in total. The Bertz CT molecular complexity index is 801. The number of carboxylic acid groups (broad SMARTS) is 1. The number of rotatable bonds is 4. The number of carbonyl (C=O) groups excluding carboxylic acids is 1. The Labute approximate surface area is 155 Å². The first-order valence-corrected chi connectivity index (χ1v) is 9.65. The Balaban J connectivity index is 1.52. The first kappa shape index (κ1) is 17.2. The van der Waals surface area contributed by atoms with Gasteiger partial charge in [-0.25, -0.2) is 4.98 Å². The van der Waals surface area contributed by atoms with E-state index in [2.05, 4.69) is 4.98 Å². The average molecular weight is 372 g/mol. The van der Waals surface area contributed by atoms with Crippen LogP contribution in [0.2, 0.25) is 0 Å². The number of aliphatic carboxylic acids is 1. The second kappa shape index (κ2) is 7.17. The zero-order chi connectivity index (χ0) is 18.1. The van der Waals surface area contributed by atoms with Crippen LogP contribution in [0.1, 0.15) is 45.9 Å². The molecule has 0 saturated carbocycles. The Hall–Kier alpha value is -2.25. The van der Waals surface area contributed by atoms with Gasteiger partial charge in [0.25, 0.3) is 5.91 Å². The van der Waals surface area contributed by atoms with Gasteiger partial charge in [-0.15, -0.1) is 11.3 Å². The van der Waals surface area contributed by atoms with E-state index in [0.29, 0.717) is 12.2 Å². The summed E-state index contributed by atoms with van der Waals surface area (Å²) in [7, 11) is 0. The van der Waals surface area contributed by atoms with Crippen LogP contribution in [0.3, 0.4) is 0 Å². The monoisotopic (exact) mass is 372 g/mol. The molecule has 136 valence electrons. The Morgan fingerprint density at radius 2 is 2.04 bits per heavy atom. The van der Waals surface area contributed by atoms with Gasteiger partial charge in [0.1, 0.15) is 16.8 Å². The highest BCUT2D eigenvalue weighted by Crippen LogP contribution is 2.35. The highest BCUT2D eigenvalue weighted by molar-refractivity contribution is 7.09. The van der Waals surface area contributed by atoms with E-state index in [1.54, 1.807) is 10.3 Å². The zero-order valence-electron chi connectivity index (χ0n) is 14.2. The molecule has 0 bridgehead atoms. The van der Waals surface area contributed by atoms with E-state index >= 15 is 0 Å². The van der Waals surface area contributed by atoms with E-state index in [4.69, 9.17) is 4.74 Å². The molecular formula is C19H20N2O4S. The lowest BCUT2D eigenvalue weighted by Crippen LogP contribution is -2.30. The quantitative estimate of drug-likeness (QED) is 0.893. The standard InChI is InChI=1S/C19H20N2O4S/c22-18(15-11-26-17(20-15)16-7-4-8-25-16)21-9-13(14(10-21)19(23)24)12-5-2-1-3-6-12/h1-3,5-6,11,13-14,16H,4,7-10H2,(H,23,24)/t13-,14-,16?/m1/s1. The highest BCUT2D eigenvalue weighted by Gasteiger charge is 2.41. The number of thiazole rings is 1. The van der Waals surface area contributed by atoms with Crippen molar-refractivity contribution in [2.45, 2.75) is 24.9 Å². The summed E-state index contributed by atoms with van der Waals surface area (Å²) in [5.74, 6) is -1.87. The lowest BCUT2D eigenvalue weighted by Gasteiger charge is -2.15. The second-order valence-corrected chi connectivity index (χ2v) is 7.63. The summed E-state index contributed by atoms with van der Waals surface area (Å²) in [5, 5.41) is 12.2. The normalized spacial score (nSPS) is 25.5.